The van der Waals surface area contributed by atoms with Gasteiger partial charge in [0, 0.05) is 29.9 Å². The predicted octanol–water partition coefficient (Wildman–Crippen LogP) is 3.08. The average Bonchev–Trinajstić information content (AvgIpc) is 3.40. The van der Waals surface area contributed by atoms with Crippen molar-refractivity contribution in [3.63, 3.8) is 0 Å². The molecule has 0 aliphatic heterocycles. The molecule has 186 valence electrons. The van der Waals surface area contributed by atoms with E-state index in [0.717, 1.165) is 19.6 Å². The molecule has 0 unspecified atom stereocenters. The van der Waals surface area contributed by atoms with E-state index in [-0.39, 0.29) is 22.9 Å². The SMILES string of the molecule is CCN(CC)CCNC(=O)c1ccc(NC(=O)c2cccc(S(=O)(=O)NCc3ccco3)c2)cc1. The largest absolute Gasteiger partial charge is 0.468 e. The molecule has 2 aromatic carbocycles. The number of amides is 2. The van der Waals surface area contributed by atoms with E-state index in [9.17, 15) is 18.0 Å². The van der Waals surface area contributed by atoms with Gasteiger partial charge in [-0.3, -0.25) is 9.59 Å². The molecule has 3 aromatic rings. The van der Waals surface area contributed by atoms with Crippen LogP contribution in [0.4, 0.5) is 5.69 Å². The molecular formula is C25H30N4O5S. The van der Waals surface area contributed by atoms with Crippen molar-refractivity contribution in [3.8, 4) is 0 Å². The van der Waals surface area contributed by atoms with Crippen molar-refractivity contribution in [2.75, 3.05) is 31.5 Å². The molecule has 1 heterocycles. The summed E-state index contributed by atoms with van der Waals surface area (Å²) in [5.74, 6) is -0.178. The van der Waals surface area contributed by atoms with Gasteiger partial charge in [-0.05, 0) is 67.7 Å². The smallest absolute Gasteiger partial charge is 0.255 e. The van der Waals surface area contributed by atoms with Crippen LogP contribution in [0.25, 0.3) is 0 Å². The van der Waals surface area contributed by atoms with E-state index >= 15 is 0 Å². The van der Waals surface area contributed by atoms with E-state index in [2.05, 4.69) is 34.1 Å². The molecule has 0 aliphatic rings. The van der Waals surface area contributed by atoms with Gasteiger partial charge < -0.3 is 20.0 Å². The zero-order valence-electron chi connectivity index (χ0n) is 19.8. The third kappa shape index (κ3) is 7.51. The van der Waals surface area contributed by atoms with E-state index in [0.29, 0.717) is 23.6 Å². The van der Waals surface area contributed by atoms with Crippen molar-refractivity contribution >= 4 is 27.5 Å². The minimum atomic E-state index is -3.83. The number of furan rings is 1. The van der Waals surface area contributed by atoms with E-state index in [4.69, 9.17) is 4.42 Å². The molecule has 10 heteroatoms. The van der Waals surface area contributed by atoms with Gasteiger partial charge in [0.15, 0.2) is 0 Å². The van der Waals surface area contributed by atoms with Crippen molar-refractivity contribution in [1.82, 2.24) is 14.9 Å². The van der Waals surface area contributed by atoms with Gasteiger partial charge in [0.05, 0.1) is 17.7 Å². The monoisotopic (exact) mass is 498 g/mol. The number of likely N-dealkylation sites (N-methyl/N-ethyl adjacent to an activating group) is 1. The van der Waals surface area contributed by atoms with Crippen molar-refractivity contribution in [3.05, 3.63) is 83.8 Å². The van der Waals surface area contributed by atoms with Gasteiger partial charge in [-0.25, -0.2) is 13.1 Å². The summed E-state index contributed by atoms with van der Waals surface area (Å²) in [5, 5.41) is 5.61. The van der Waals surface area contributed by atoms with Crippen LogP contribution in [0.2, 0.25) is 0 Å². The third-order valence-corrected chi connectivity index (χ3v) is 6.83. The van der Waals surface area contributed by atoms with Crippen LogP contribution >= 0.6 is 0 Å². The van der Waals surface area contributed by atoms with Crippen LogP contribution in [0.15, 0.2) is 76.2 Å². The molecule has 0 spiro atoms. The fraction of sp³-hybridized carbons (Fsp3) is 0.280. The number of benzene rings is 2. The Kier molecular flexibility index (Phi) is 9.18. The van der Waals surface area contributed by atoms with E-state index in [1.165, 1.54) is 30.5 Å². The fourth-order valence-corrected chi connectivity index (χ4v) is 4.38. The first-order valence-corrected chi connectivity index (χ1v) is 12.8. The Hall–Kier alpha value is -3.47. The van der Waals surface area contributed by atoms with Gasteiger partial charge in [-0.2, -0.15) is 0 Å². The molecule has 0 aliphatic carbocycles. The summed E-state index contributed by atoms with van der Waals surface area (Å²) in [7, 11) is -3.83. The normalized spacial score (nSPS) is 11.4. The highest BCUT2D eigenvalue weighted by molar-refractivity contribution is 7.89. The predicted molar refractivity (Wildman–Crippen MR) is 134 cm³/mol. The minimum absolute atomic E-state index is 0.00114. The van der Waals surface area contributed by atoms with Gasteiger partial charge in [0.25, 0.3) is 11.8 Å². The number of carbonyl (C=O) groups excluding carboxylic acids is 2. The zero-order chi connectivity index (χ0) is 25.3. The van der Waals surface area contributed by atoms with Crippen molar-refractivity contribution in [1.29, 1.82) is 0 Å². The molecule has 0 bridgehead atoms. The third-order valence-electron chi connectivity index (χ3n) is 5.44. The fourth-order valence-electron chi connectivity index (χ4n) is 3.34. The number of hydrogen-bond acceptors (Lipinski definition) is 6. The van der Waals surface area contributed by atoms with Crippen molar-refractivity contribution in [2.24, 2.45) is 0 Å². The second-order valence-electron chi connectivity index (χ2n) is 7.75. The van der Waals surface area contributed by atoms with Crippen LogP contribution in [-0.2, 0) is 16.6 Å². The Balaban J connectivity index is 1.58. The first kappa shape index (κ1) is 26.1. The molecule has 0 radical (unpaired) electrons. The lowest BCUT2D eigenvalue weighted by molar-refractivity contribution is 0.0948. The van der Waals surface area contributed by atoms with E-state index in [1.54, 1.807) is 36.4 Å². The summed E-state index contributed by atoms with van der Waals surface area (Å²) >= 11 is 0. The Morgan fingerprint density at radius 2 is 1.66 bits per heavy atom. The maximum absolute atomic E-state index is 12.7. The number of carbonyl (C=O) groups is 2. The molecule has 9 nitrogen and oxygen atoms in total. The zero-order valence-corrected chi connectivity index (χ0v) is 20.6. The average molecular weight is 499 g/mol. The Bertz CT molecular complexity index is 1220. The molecule has 2 amide bonds. The number of nitrogens with zero attached hydrogens (tertiary/aromatic N) is 1. The first-order chi connectivity index (χ1) is 16.8. The van der Waals surface area contributed by atoms with Crippen LogP contribution in [-0.4, -0.2) is 51.3 Å². The molecule has 3 N–H and O–H groups in total. The number of anilines is 1. The lowest BCUT2D eigenvalue weighted by Gasteiger charge is -2.18. The summed E-state index contributed by atoms with van der Waals surface area (Å²) in [6, 6.07) is 15.6. The highest BCUT2D eigenvalue weighted by atomic mass is 32.2. The molecular weight excluding hydrogens is 468 g/mol. The standard InChI is InChI=1S/C25H30N4O5S/c1-3-29(4-2)15-14-26-24(30)19-10-12-21(13-11-19)28-25(31)20-7-5-9-23(17-20)35(32,33)27-18-22-8-6-16-34-22/h5-13,16-17,27H,3-4,14-15,18H2,1-2H3,(H,26,30)(H,28,31). The lowest BCUT2D eigenvalue weighted by Crippen LogP contribution is -2.34. The van der Waals surface area contributed by atoms with Crippen LogP contribution in [0.5, 0.6) is 0 Å². The Morgan fingerprint density at radius 3 is 2.31 bits per heavy atom. The topological polar surface area (TPSA) is 121 Å². The quantitative estimate of drug-likeness (QED) is 0.353. The molecule has 0 fully saturated rings. The maximum atomic E-state index is 12.7. The summed E-state index contributed by atoms with van der Waals surface area (Å²) in [6.07, 6.45) is 1.46. The van der Waals surface area contributed by atoms with Crippen LogP contribution in [0.3, 0.4) is 0 Å². The van der Waals surface area contributed by atoms with E-state index < -0.39 is 15.9 Å². The second-order valence-corrected chi connectivity index (χ2v) is 9.51. The van der Waals surface area contributed by atoms with Gasteiger partial charge >= 0.3 is 0 Å². The number of rotatable bonds is 12. The highest BCUT2D eigenvalue weighted by Gasteiger charge is 2.17. The minimum Gasteiger partial charge on any atom is -0.468 e. The number of sulfonamides is 1. The Morgan fingerprint density at radius 1 is 0.914 bits per heavy atom. The van der Waals surface area contributed by atoms with E-state index in [1.807, 2.05) is 0 Å². The molecule has 0 atom stereocenters. The molecule has 0 saturated carbocycles. The summed E-state index contributed by atoms with van der Waals surface area (Å²) < 4.78 is 32.7. The van der Waals surface area contributed by atoms with Crippen LogP contribution in [0.1, 0.15) is 40.3 Å². The summed E-state index contributed by atoms with van der Waals surface area (Å²) in [6.45, 7) is 7.34. The first-order valence-electron chi connectivity index (χ1n) is 11.4. The van der Waals surface area contributed by atoms with Gasteiger partial charge in [0.1, 0.15) is 5.76 Å². The number of hydrogen-bond donors (Lipinski definition) is 3. The van der Waals surface area contributed by atoms with Crippen LogP contribution < -0.4 is 15.4 Å². The molecule has 35 heavy (non-hydrogen) atoms. The van der Waals surface area contributed by atoms with Gasteiger partial charge in [0.2, 0.25) is 10.0 Å². The second kappa shape index (κ2) is 12.3. The molecule has 0 saturated heterocycles. The van der Waals surface area contributed by atoms with Gasteiger partial charge in [-0.1, -0.05) is 19.9 Å². The van der Waals surface area contributed by atoms with Gasteiger partial charge in [-0.15, -0.1) is 0 Å². The maximum Gasteiger partial charge on any atom is 0.255 e. The summed E-state index contributed by atoms with van der Waals surface area (Å²) in [5.41, 5.74) is 1.15. The van der Waals surface area contributed by atoms with Crippen molar-refractivity contribution < 1.29 is 22.4 Å². The lowest BCUT2D eigenvalue weighted by atomic mass is 10.1. The van der Waals surface area contributed by atoms with Crippen LogP contribution in [0, 0.1) is 0 Å². The highest BCUT2D eigenvalue weighted by Crippen LogP contribution is 2.15. The molecule has 1 aromatic heterocycles. The number of nitrogens with one attached hydrogen (secondary N) is 3. The Labute approximate surface area is 205 Å². The van der Waals surface area contributed by atoms with Crippen molar-refractivity contribution in [2.45, 2.75) is 25.3 Å². The molecule has 3 rings (SSSR count). The summed E-state index contributed by atoms with van der Waals surface area (Å²) in [4.78, 5) is 27.2.